The van der Waals surface area contributed by atoms with Gasteiger partial charge in [0.15, 0.2) is 0 Å². The van der Waals surface area contributed by atoms with Crippen molar-refractivity contribution >= 4 is 21.6 Å². The van der Waals surface area contributed by atoms with Crippen LogP contribution in [0.4, 0.5) is 5.69 Å². The lowest BCUT2D eigenvalue weighted by Crippen LogP contribution is -2.06. The van der Waals surface area contributed by atoms with Gasteiger partial charge in [-0.3, -0.25) is 9.59 Å². The fourth-order valence-electron chi connectivity index (χ4n) is 3.60. The van der Waals surface area contributed by atoms with Gasteiger partial charge in [-0.25, -0.2) is 10.2 Å². The molecule has 4 aromatic rings. The van der Waals surface area contributed by atoms with Crippen LogP contribution in [0.3, 0.4) is 0 Å². The van der Waals surface area contributed by atoms with Crippen LogP contribution in [-0.2, 0) is 0 Å². The number of halogens is 1. The monoisotopic (exact) mass is 521 g/mol. The number of nitrogens with two attached hydrogens (primary N) is 1. The summed E-state index contributed by atoms with van der Waals surface area (Å²) in [7, 11) is 0. The Morgan fingerprint density at radius 2 is 1.24 bits per heavy atom. The summed E-state index contributed by atoms with van der Waals surface area (Å²) in [6.07, 6.45) is 3.27. The van der Waals surface area contributed by atoms with Gasteiger partial charge >= 0.3 is 0 Å². The van der Waals surface area contributed by atoms with E-state index in [1.54, 1.807) is 18.5 Å². The quantitative estimate of drug-likeness (QED) is 0.308. The Kier molecular flexibility index (Phi) is 8.17. The molecule has 0 saturated heterocycles. The van der Waals surface area contributed by atoms with Crippen LogP contribution in [0.1, 0.15) is 50.7 Å². The first-order valence-corrected chi connectivity index (χ1v) is 11.7. The second kappa shape index (κ2) is 11.1. The molecule has 4 N–H and O–H groups in total. The molecule has 0 aliphatic carbocycles. The van der Waals surface area contributed by atoms with Crippen molar-refractivity contribution in [2.45, 2.75) is 39.5 Å². The van der Waals surface area contributed by atoms with Crippen LogP contribution in [0.15, 0.2) is 75.0 Å². The molecule has 4 rings (SSSR count). The van der Waals surface area contributed by atoms with Gasteiger partial charge in [-0.05, 0) is 44.5 Å². The van der Waals surface area contributed by atoms with Crippen LogP contribution in [0.2, 0.25) is 0 Å². The smallest absolute Gasteiger partial charge is 0.264 e. The zero-order chi connectivity index (χ0) is 24.8. The Bertz CT molecular complexity index is 1290. The third-order valence-electron chi connectivity index (χ3n) is 5.36. The minimum absolute atomic E-state index is 0.190. The molecular weight excluding hydrogens is 494 g/mol. The van der Waals surface area contributed by atoms with Crippen LogP contribution in [0, 0.1) is 0 Å². The Morgan fingerprint density at radius 3 is 1.74 bits per heavy atom. The van der Waals surface area contributed by atoms with Gasteiger partial charge in [0.25, 0.3) is 11.1 Å². The Balaban J connectivity index is 0.000000191. The molecule has 2 aromatic carbocycles. The second-order valence-corrected chi connectivity index (χ2v) is 9.29. The van der Waals surface area contributed by atoms with Crippen LogP contribution >= 0.6 is 15.9 Å². The molecule has 176 valence electrons. The number of hydrogen-bond donors (Lipinski definition) is 3. The first kappa shape index (κ1) is 25.1. The summed E-state index contributed by atoms with van der Waals surface area (Å²) in [6, 6.07) is 15.0. The number of aromatic amines is 2. The number of nitrogens with zero attached hydrogens (tertiary/aromatic N) is 2. The van der Waals surface area contributed by atoms with Crippen molar-refractivity contribution in [2.75, 3.05) is 5.73 Å². The molecule has 0 aliphatic heterocycles. The van der Waals surface area contributed by atoms with Crippen LogP contribution < -0.4 is 16.9 Å². The minimum Gasteiger partial charge on any atom is -0.398 e. The summed E-state index contributed by atoms with van der Waals surface area (Å²) in [5, 5.41) is 12.3. The van der Waals surface area contributed by atoms with E-state index >= 15 is 0 Å². The van der Waals surface area contributed by atoms with E-state index in [9.17, 15) is 9.59 Å². The highest BCUT2D eigenvalue weighted by Gasteiger charge is 2.11. The maximum Gasteiger partial charge on any atom is 0.264 e. The molecule has 2 heterocycles. The van der Waals surface area contributed by atoms with Crippen molar-refractivity contribution in [1.82, 2.24) is 20.4 Å². The Morgan fingerprint density at radius 1 is 0.765 bits per heavy atom. The van der Waals surface area contributed by atoms with Crippen LogP contribution in [0.25, 0.3) is 22.3 Å². The molecule has 0 bridgehead atoms. The van der Waals surface area contributed by atoms with E-state index in [-0.39, 0.29) is 11.1 Å². The molecule has 7 nitrogen and oxygen atoms in total. The lowest BCUT2D eigenvalue weighted by Gasteiger charge is -2.13. The lowest BCUT2D eigenvalue weighted by molar-refractivity contribution is 0.861. The van der Waals surface area contributed by atoms with Gasteiger partial charge in [0, 0.05) is 39.0 Å². The first-order valence-electron chi connectivity index (χ1n) is 11.0. The molecule has 34 heavy (non-hydrogen) atoms. The summed E-state index contributed by atoms with van der Waals surface area (Å²) < 4.78 is 1.03. The average Bonchev–Trinajstić information content (AvgIpc) is 2.79. The van der Waals surface area contributed by atoms with Crippen molar-refractivity contribution in [3.8, 4) is 22.3 Å². The van der Waals surface area contributed by atoms with Crippen LogP contribution in [0.5, 0.6) is 0 Å². The highest BCUT2D eigenvalue weighted by atomic mass is 79.9. The topological polar surface area (TPSA) is 118 Å². The predicted octanol–water partition coefficient (Wildman–Crippen LogP) is 5.47. The van der Waals surface area contributed by atoms with Gasteiger partial charge in [-0.1, -0.05) is 64.1 Å². The zero-order valence-electron chi connectivity index (χ0n) is 19.6. The Labute approximate surface area is 206 Å². The number of H-pyrrole nitrogens is 2. The summed E-state index contributed by atoms with van der Waals surface area (Å²) in [6.45, 7) is 8.46. The van der Waals surface area contributed by atoms with Crippen molar-refractivity contribution < 1.29 is 0 Å². The van der Waals surface area contributed by atoms with E-state index in [4.69, 9.17) is 5.73 Å². The molecule has 2 aromatic heterocycles. The van der Waals surface area contributed by atoms with E-state index in [2.05, 4.69) is 70.1 Å². The zero-order valence-corrected chi connectivity index (χ0v) is 21.2. The molecule has 0 amide bonds. The minimum atomic E-state index is -0.225. The highest BCUT2D eigenvalue weighted by Crippen LogP contribution is 2.34. The summed E-state index contributed by atoms with van der Waals surface area (Å²) in [4.78, 5) is 22.5. The fourth-order valence-corrected chi connectivity index (χ4v) is 4.56. The van der Waals surface area contributed by atoms with E-state index in [0.717, 1.165) is 38.0 Å². The summed E-state index contributed by atoms with van der Waals surface area (Å²) in [5.41, 5.74) is 12.2. The molecular formula is C26H28BrN5O2. The largest absolute Gasteiger partial charge is 0.398 e. The van der Waals surface area contributed by atoms with Crippen molar-refractivity contribution in [2.24, 2.45) is 0 Å². The van der Waals surface area contributed by atoms with Gasteiger partial charge in [0.2, 0.25) is 0 Å². The summed E-state index contributed by atoms with van der Waals surface area (Å²) >= 11 is 3.60. The van der Waals surface area contributed by atoms with Crippen molar-refractivity contribution in [3.05, 3.63) is 97.2 Å². The van der Waals surface area contributed by atoms with Gasteiger partial charge in [0.1, 0.15) is 0 Å². The fraction of sp³-hybridized carbons (Fsp3) is 0.231. The second-order valence-electron chi connectivity index (χ2n) is 8.49. The van der Waals surface area contributed by atoms with Gasteiger partial charge in [0.05, 0.1) is 12.4 Å². The molecule has 0 aliphatic rings. The van der Waals surface area contributed by atoms with Gasteiger partial charge in [-0.15, -0.1) is 0 Å². The summed E-state index contributed by atoms with van der Waals surface area (Å²) in [5.74, 6) is 0.782. The van der Waals surface area contributed by atoms with Gasteiger partial charge < -0.3 is 5.73 Å². The van der Waals surface area contributed by atoms with Crippen molar-refractivity contribution in [3.63, 3.8) is 0 Å². The molecule has 0 fully saturated rings. The SMILES string of the molecule is CC(C)c1cccc(-c2cn[nH]c(=O)c2)c1Br.CC(C)c1cccc(-c2cn[nH]c(=O)c2)c1N. The number of hydrogen-bond acceptors (Lipinski definition) is 5. The standard InChI is InChI=1S/C13H13BrN2O.C13H15N3O/c2*1-8(2)10-4-3-5-11(13(10)14)9-6-12(17)16-15-7-9/h3-8H,1-2H3,(H,16,17);3-8H,14H2,1-2H3,(H,16,17). The number of aromatic nitrogens is 4. The van der Waals surface area contributed by atoms with Crippen molar-refractivity contribution in [1.29, 1.82) is 0 Å². The van der Waals surface area contributed by atoms with E-state index in [0.29, 0.717) is 11.8 Å². The molecule has 0 atom stereocenters. The van der Waals surface area contributed by atoms with E-state index in [1.165, 1.54) is 11.6 Å². The Hall–Kier alpha value is -3.52. The first-order chi connectivity index (χ1) is 16.2. The molecule has 0 radical (unpaired) electrons. The van der Waals surface area contributed by atoms with E-state index < -0.39 is 0 Å². The number of benzene rings is 2. The number of anilines is 1. The maximum atomic E-state index is 11.3. The molecule has 0 unspecified atom stereocenters. The van der Waals surface area contributed by atoms with Gasteiger partial charge in [-0.2, -0.15) is 10.2 Å². The number of nitrogen functional groups attached to an aromatic ring is 1. The molecule has 0 saturated carbocycles. The molecule has 0 spiro atoms. The van der Waals surface area contributed by atoms with E-state index in [1.807, 2.05) is 30.3 Å². The lowest BCUT2D eigenvalue weighted by atomic mass is 9.95. The number of rotatable bonds is 4. The third-order valence-corrected chi connectivity index (χ3v) is 6.25. The van der Waals surface area contributed by atoms with Crippen LogP contribution in [-0.4, -0.2) is 20.4 Å². The third kappa shape index (κ3) is 5.88. The number of nitrogens with one attached hydrogen (secondary N) is 2. The molecule has 8 heteroatoms. The number of para-hydroxylation sites is 1. The average molecular weight is 522 g/mol. The highest BCUT2D eigenvalue weighted by molar-refractivity contribution is 9.10. The maximum absolute atomic E-state index is 11.3. The predicted molar refractivity (Wildman–Crippen MR) is 141 cm³/mol. The normalized spacial score (nSPS) is 10.8.